The van der Waals surface area contributed by atoms with Gasteiger partial charge in [-0.1, -0.05) is 35.9 Å². The van der Waals surface area contributed by atoms with Gasteiger partial charge < -0.3 is 4.42 Å². The van der Waals surface area contributed by atoms with Gasteiger partial charge in [0.2, 0.25) is 5.78 Å². The molecule has 1 heterocycles. The van der Waals surface area contributed by atoms with Gasteiger partial charge in [-0.25, -0.2) is 0 Å². The Bertz CT molecular complexity index is 507. The number of hydrogen-bond donors (Lipinski definition) is 0. The molecule has 0 spiro atoms. The molecule has 0 fully saturated rings. The standard InChI is InChI=1S/C14H12O2/c1-11-4-2-5-12(10-11)7-8-13(15)14-6-3-9-16-14/h2-10H,1H3/b8-7+. The van der Waals surface area contributed by atoms with Gasteiger partial charge >= 0.3 is 0 Å². The molecule has 0 N–H and O–H groups in total. The van der Waals surface area contributed by atoms with E-state index in [0.717, 1.165) is 5.56 Å². The molecule has 16 heavy (non-hydrogen) atoms. The number of ketones is 1. The van der Waals surface area contributed by atoms with E-state index in [-0.39, 0.29) is 5.78 Å². The molecule has 0 amide bonds. The number of carbonyl (C=O) groups is 1. The molecule has 2 aromatic rings. The number of benzene rings is 1. The van der Waals surface area contributed by atoms with E-state index in [0.29, 0.717) is 5.76 Å². The zero-order valence-corrected chi connectivity index (χ0v) is 9.01. The maximum Gasteiger partial charge on any atom is 0.221 e. The van der Waals surface area contributed by atoms with E-state index in [1.807, 2.05) is 31.2 Å². The summed E-state index contributed by atoms with van der Waals surface area (Å²) in [6, 6.07) is 11.3. The summed E-state index contributed by atoms with van der Waals surface area (Å²) in [5, 5.41) is 0. The van der Waals surface area contributed by atoms with Crippen LogP contribution >= 0.6 is 0 Å². The van der Waals surface area contributed by atoms with E-state index in [1.54, 1.807) is 18.2 Å². The van der Waals surface area contributed by atoms with Gasteiger partial charge in [-0.05, 0) is 30.7 Å². The molecular formula is C14H12O2. The molecule has 0 unspecified atom stereocenters. The molecule has 2 rings (SSSR count). The number of furan rings is 1. The van der Waals surface area contributed by atoms with E-state index in [1.165, 1.54) is 17.9 Å². The van der Waals surface area contributed by atoms with Crippen LogP contribution in [-0.4, -0.2) is 5.78 Å². The summed E-state index contributed by atoms with van der Waals surface area (Å²) in [6.45, 7) is 2.02. The summed E-state index contributed by atoms with van der Waals surface area (Å²) in [7, 11) is 0. The minimum atomic E-state index is -0.119. The summed E-state index contributed by atoms with van der Waals surface area (Å²) in [5.41, 5.74) is 2.19. The third-order valence-electron chi connectivity index (χ3n) is 2.23. The smallest absolute Gasteiger partial charge is 0.221 e. The van der Waals surface area contributed by atoms with Gasteiger partial charge in [0.25, 0.3) is 0 Å². The Morgan fingerprint density at radius 1 is 1.25 bits per heavy atom. The van der Waals surface area contributed by atoms with Crippen molar-refractivity contribution in [2.45, 2.75) is 6.92 Å². The van der Waals surface area contributed by atoms with Crippen LogP contribution in [0.15, 0.2) is 53.2 Å². The Kier molecular flexibility index (Phi) is 3.01. The molecule has 1 aromatic heterocycles. The minimum absolute atomic E-state index is 0.119. The van der Waals surface area contributed by atoms with Gasteiger partial charge in [0, 0.05) is 0 Å². The topological polar surface area (TPSA) is 30.2 Å². The van der Waals surface area contributed by atoms with Crippen LogP contribution in [0.3, 0.4) is 0 Å². The highest BCUT2D eigenvalue weighted by Gasteiger charge is 2.03. The first-order valence-corrected chi connectivity index (χ1v) is 5.08. The van der Waals surface area contributed by atoms with E-state index in [2.05, 4.69) is 0 Å². The Balaban J connectivity index is 2.13. The lowest BCUT2D eigenvalue weighted by atomic mass is 10.1. The molecule has 0 atom stereocenters. The maximum absolute atomic E-state index is 11.6. The van der Waals surface area contributed by atoms with Gasteiger partial charge in [0.1, 0.15) is 0 Å². The summed E-state index contributed by atoms with van der Waals surface area (Å²) < 4.78 is 5.01. The van der Waals surface area contributed by atoms with Crippen molar-refractivity contribution in [2.75, 3.05) is 0 Å². The van der Waals surface area contributed by atoms with Crippen molar-refractivity contribution in [1.29, 1.82) is 0 Å². The van der Waals surface area contributed by atoms with Crippen LogP contribution in [0.4, 0.5) is 0 Å². The fourth-order valence-corrected chi connectivity index (χ4v) is 1.45. The fourth-order valence-electron chi connectivity index (χ4n) is 1.45. The number of rotatable bonds is 3. The van der Waals surface area contributed by atoms with E-state index in [9.17, 15) is 4.79 Å². The van der Waals surface area contributed by atoms with Crippen molar-refractivity contribution in [3.8, 4) is 0 Å². The van der Waals surface area contributed by atoms with Gasteiger partial charge in [0.05, 0.1) is 6.26 Å². The first-order valence-electron chi connectivity index (χ1n) is 5.08. The van der Waals surface area contributed by atoms with Gasteiger partial charge in [-0.2, -0.15) is 0 Å². The second-order valence-electron chi connectivity index (χ2n) is 3.59. The van der Waals surface area contributed by atoms with Crippen LogP contribution in [0.2, 0.25) is 0 Å². The van der Waals surface area contributed by atoms with Gasteiger partial charge in [-0.3, -0.25) is 4.79 Å². The Morgan fingerprint density at radius 3 is 2.81 bits per heavy atom. The highest BCUT2D eigenvalue weighted by atomic mass is 16.3. The maximum atomic E-state index is 11.6. The third kappa shape index (κ3) is 2.48. The number of allylic oxidation sites excluding steroid dienone is 1. The molecule has 2 heteroatoms. The lowest BCUT2D eigenvalue weighted by Gasteiger charge is -1.94. The van der Waals surface area contributed by atoms with E-state index < -0.39 is 0 Å². The molecule has 0 aliphatic heterocycles. The third-order valence-corrected chi connectivity index (χ3v) is 2.23. The monoisotopic (exact) mass is 212 g/mol. The van der Waals surface area contributed by atoms with Crippen molar-refractivity contribution in [1.82, 2.24) is 0 Å². The average molecular weight is 212 g/mol. The number of aryl methyl sites for hydroxylation is 1. The minimum Gasteiger partial charge on any atom is -0.461 e. The average Bonchev–Trinajstić information content (AvgIpc) is 2.79. The molecular weight excluding hydrogens is 200 g/mol. The Hall–Kier alpha value is -2.09. The summed E-state index contributed by atoms with van der Waals surface area (Å²) in [5.74, 6) is 0.246. The highest BCUT2D eigenvalue weighted by molar-refractivity contribution is 6.04. The van der Waals surface area contributed by atoms with Crippen molar-refractivity contribution >= 4 is 11.9 Å². The van der Waals surface area contributed by atoms with Crippen LogP contribution < -0.4 is 0 Å². The number of carbonyl (C=O) groups excluding carboxylic acids is 1. The molecule has 0 bridgehead atoms. The predicted molar refractivity (Wildman–Crippen MR) is 63.3 cm³/mol. The lowest BCUT2D eigenvalue weighted by molar-refractivity contribution is 0.102. The van der Waals surface area contributed by atoms with Crippen LogP contribution in [0.1, 0.15) is 21.7 Å². The van der Waals surface area contributed by atoms with Crippen molar-refractivity contribution in [3.63, 3.8) is 0 Å². The van der Waals surface area contributed by atoms with Crippen molar-refractivity contribution in [3.05, 3.63) is 65.6 Å². The molecule has 0 aliphatic rings. The molecule has 0 aliphatic carbocycles. The molecule has 0 radical (unpaired) electrons. The van der Waals surface area contributed by atoms with Crippen molar-refractivity contribution in [2.24, 2.45) is 0 Å². The Labute approximate surface area is 94.2 Å². The summed E-state index contributed by atoms with van der Waals surface area (Å²) >= 11 is 0. The van der Waals surface area contributed by atoms with Crippen LogP contribution in [-0.2, 0) is 0 Å². The second-order valence-corrected chi connectivity index (χ2v) is 3.59. The SMILES string of the molecule is Cc1cccc(/C=C/C(=O)c2ccco2)c1. The predicted octanol–water partition coefficient (Wildman–Crippen LogP) is 3.48. The normalized spacial score (nSPS) is 10.8. The largest absolute Gasteiger partial charge is 0.461 e. The summed E-state index contributed by atoms with van der Waals surface area (Å²) in [6.07, 6.45) is 4.80. The molecule has 0 saturated carbocycles. The zero-order valence-electron chi connectivity index (χ0n) is 9.01. The highest BCUT2D eigenvalue weighted by Crippen LogP contribution is 2.08. The van der Waals surface area contributed by atoms with Crippen LogP contribution in [0.25, 0.3) is 6.08 Å². The zero-order chi connectivity index (χ0) is 11.4. The molecule has 1 aromatic carbocycles. The Morgan fingerprint density at radius 2 is 2.12 bits per heavy atom. The van der Waals surface area contributed by atoms with E-state index >= 15 is 0 Å². The van der Waals surface area contributed by atoms with Gasteiger partial charge in [-0.15, -0.1) is 0 Å². The van der Waals surface area contributed by atoms with E-state index in [4.69, 9.17) is 4.42 Å². The fraction of sp³-hybridized carbons (Fsp3) is 0.0714. The number of hydrogen-bond acceptors (Lipinski definition) is 2. The second kappa shape index (κ2) is 4.62. The summed E-state index contributed by atoms with van der Waals surface area (Å²) in [4.78, 5) is 11.6. The van der Waals surface area contributed by atoms with Crippen LogP contribution in [0, 0.1) is 6.92 Å². The first kappa shape index (κ1) is 10.4. The van der Waals surface area contributed by atoms with Crippen molar-refractivity contribution < 1.29 is 9.21 Å². The molecule has 2 nitrogen and oxygen atoms in total. The molecule has 0 saturated heterocycles. The first-order chi connectivity index (χ1) is 7.75. The molecule has 80 valence electrons. The van der Waals surface area contributed by atoms with Crippen LogP contribution in [0.5, 0.6) is 0 Å². The van der Waals surface area contributed by atoms with Gasteiger partial charge in [0.15, 0.2) is 5.76 Å². The quantitative estimate of drug-likeness (QED) is 0.576. The lowest BCUT2D eigenvalue weighted by Crippen LogP contribution is -1.90.